The first-order valence-corrected chi connectivity index (χ1v) is 9.23. The van der Waals surface area contributed by atoms with Gasteiger partial charge in [0.05, 0.1) is 0 Å². The Morgan fingerprint density at radius 2 is 1.71 bits per heavy atom. The monoisotopic (exact) mass is 351 g/mol. The van der Waals surface area contributed by atoms with Crippen LogP contribution in [-0.4, -0.2) is 6.04 Å². The summed E-state index contributed by atoms with van der Waals surface area (Å²) in [6, 6.07) is 9.83. The Bertz CT molecular complexity index is 429. The second-order valence-corrected chi connectivity index (χ2v) is 8.25. The highest BCUT2D eigenvalue weighted by Gasteiger charge is 2.32. The van der Waals surface area contributed by atoms with Gasteiger partial charge < -0.3 is 5.32 Å². The number of hydrogen-bond acceptors (Lipinski definition) is 1. The summed E-state index contributed by atoms with van der Waals surface area (Å²) in [5.41, 5.74) is 1.90. The molecule has 0 amide bonds. The maximum Gasteiger partial charge on any atom is 0.0294 e. The van der Waals surface area contributed by atoms with Gasteiger partial charge in [0.1, 0.15) is 0 Å². The lowest BCUT2D eigenvalue weighted by Crippen LogP contribution is -2.38. The highest BCUT2D eigenvalue weighted by atomic mass is 79.9. The van der Waals surface area contributed by atoms with E-state index in [2.05, 4.69) is 73.2 Å². The lowest BCUT2D eigenvalue weighted by atomic mass is 9.69. The largest absolute Gasteiger partial charge is 0.307 e. The number of hydrogen-bond donors (Lipinski definition) is 1. The fourth-order valence-electron chi connectivity index (χ4n) is 3.53. The molecule has 0 radical (unpaired) electrons. The van der Waals surface area contributed by atoms with Crippen molar-refractivity contribution in [2.75, 3.05) is 0 Å². The third kappa shape index (κ3) is 4.56. The van der Waals surface area contributed by atoms with Crippen LogP contribution in [0.5, 0.6) is 0 Å². The molecule has 1 saturated carbocycles. The minimum Gasteiger partial charge on any atom is -0.307 e. The lowest BCUT2D eigenvalue weighted by Gasteiger charge is -2.39. The second kappa shape index (κ2) is 7.28. The zero-order chi connectivity index (χ0) is 15.5. The van der Waals surface area contributed by atoms with Crippen LogP contribution in [0.3, 0.4) is 0 Å². The number of halogens is 1. The van der Waals surface area contributed by atoms with Crippen LogP contribution >= 0.6 is 15.9 Å². The van der Waals surface area contributed by atoms with Crippen molar-refractivity contribution in [3.63, 3.8) is 0 Å². The molecular weight excluding hydrogens is 322 g/mol. The van der Waals surface area contributed by atoms with E-state index in [9.17, 15) is 0 Å². The summed E-state index contributed by atoms with van der Waals surface area (Å²) in [4.78, 5) is 0. The van der Waals surface area contributed by atoms with Crippen molar-refractivity contribution in [3.05, 3.63) is 34.3 Å². The summed E-state index contributed by atoms with van der Waals surface area (Å²) in [7, 11) is 0. The van der Waals surface area contributed by atoms with Gasteiger partial charge in [-0.1, -0.05) is 55.3 Å². The molecule has 21 heavy (non-hydrogen) atoms. The van der Waals surface area contributed by atoms with Crippen LogP contribution < -0.4 is 5.32 Å². The van der Waals surface area contributed by atoms with Crippen LogP contribution in [-0.2, 0) is 0 Å². The standard InChI is InChI=1S/C19H30BrN/c1-5-19(3,4)16-8-12-18(13-9-16)21-14(2)15-6-10-17(20)11-7-15/h6-7,10-11,14,16,18,21H,5,8-9,12-13H2,1-4H3. The van der Waals surface area contributed by atoms with Crippen molar-refractivity contribution in [2.45, 2.75) is 71.9 Å². The Morgan fingerprint density at radius 3 is 2.24 bits per heavy atom. The highest BCUT2D eigenvalue weighted by molar-refractivity contribution is 9.10. The van der Waals surface area contributed by atoms with Crippen molar-refractivity contribution >= 4 is 15.9 Å². The molecule has 1 aromatic carbocycles. The van der Waals surface area contributed by atoms with E-state index in [-0.39, 0.29) is 0 Å². The molecule has 0 spiro atoms. The fraction of sp³-hybridized carbons (Fsp3) is 0.684. The molecule has 0 saturated heterocycles. The van der Waals surface area contributed by atoms with Crippen molar-refractivity contribution < 1.29 is 0 Å². The van der Waals surface area contributed by atoms with Gasteiger partial charge in [0, 0.05) is 16.6 Å². The first-order chi connectivity index (χ1) is 9.92. The van der Waals surface area contributed by atoms with Crippen LogP contribution in [0.2, 0.25) is 0 Å². The Labute approximate surface area is 139 Å². The molecule has 118 valence electrons. The summed E-state index contributed by atoms with van der Waals surface area (Å²) >= 11 is 3.50. The summed E-state index contributed by atoms with van der Waals surface area (Å²) in [5, 5.41) is 3.83. The molecule has 2 heteroatoms. The van der Waals surface area contributed by atoms with E-state index >= 15 is 0 Å². The minimum atomic E-state index is 0.443. The molecule has 1 N–H and O–H groups in total. The minimum absolute atomic E-state index is 0.443. The van der Waals surface area contributed by atoms with Crippen LogP contribution in [0.1, 0.15) is 71.4 Å². The Hall–Kier alpha value is -0.340. The topological polar surface area (TPSA) is 12.0 Å². The average molecular weight is 352 g/mol. The number of benzene rings is 1. The van der Waals surface area contributed by atoms with Crippen molar-refractivity contribution in [1.29, 1.82) is 0 Å². The second-order valence-electron chi connectivity index (χ2n) is 7.33. The Kier molecular flexibility index (Phi) is 5.90. The van der Waals surface area contributed by atoms with Crippen molar-refractivity contribution in [2.24, 2.45) is 11.3 Å². The van der Waals surface area contributed by atoms with E-state index < -0.39 is 0 Å². The SMILES string of the molecule is CCC(C)(C)C1CCC(NC(C)c2ccc(Br)cc2)CC1. The third-order valence-corrected chi connectivity index (χ3v) is 6.13. The van der Waals surface area contributed by atoms with E-state index in [1.807, 2.05) is 0 Å². The summed E-state index contributed by atoms with van der Waals surface area (Å²) in [6.07, 6.45) is 6.71. The molecule has 1 unspecified atom stereocenters. The van der Waals surface area contributed by atoms with Crippen LogP contribution in [0.15, 0.2) is 28.7 Å². The predicted octanol–water partition coefficient (Wildman–Crippen LogP) is 6.09. The highest BCUT2D eigenvalue weighted by Crippen LogP contribution is 2.40. The van der Waals surface area contributed by atoms with Gasteiger partial charge in [-0.2, -0.15) is 0 Å². The van der Waals surface area contributed by atoms with Crippen molar-refractivity contribution in [1.82, 2.24) is 5.32 Å². The molecule has 1 atom stereocenters. The maximum absolute atomic E-state index is 3.83. The maximum atomic E-state index is 3.83. The molecule has 2 rings (SSSR count). The molecule has 0 bridgehead atoms. The molecule has 1 fully saturated rings. The molecule has 1 nitrogen and oxygen atoms in total. The molecule has 0 aromatic heterocycles. The van der Waals surface area contributed by atoms with Gasteiger partial charge in [-0.15, -0.1) is 0 Å². The zero-order valence-corrected chi connectivity index (χ0v) is 15.5. The van der Waals surface area contributed by atoms with Crippen LogP contribution in [0.25, 0.3) is 0 Å². The van der Waals surface area contributed by atoms with Gasteiger partial charge in [0.2, 0.25) is 0 Å². The van der Waals surface area contributed by atoms with E-state index in [0.29, 0.717) is 17.5 Å². The van der Waals surface area contributed by atoms with Crippen molar-refractivity contribution in [3.8, 4) is 0 Å². The fourth-order valence-corrected chi connectivity index (χ4v) is 3.80. The van der Waals surface area contributed by atoms with E-state index in [4.69, 9.17) is 0 Å². The smallest absolute Gasteiger partial charge is 0.0294 e. The van der Waals surface area contributed by atoms with Gasteiger partial charge >= 0.3 is 0 Å². The first kappa shape index (κ1) is 17.0. The Morgan fingerprint density at radius 1 is 1.14 bits per heavy atom. The van der Waals surface area contributed by atoms with E-state index in [1.54, 1.807) is 0 Å². The first-order valence-electron chi connectivity index (χ1n) is 8.44. The van der Waals surface area contributed by atoms with E-state index in [1.165, 1.54) is 37.7 Å². The third-order valence-electron chi connectivity index (χ3n) is 5.60. The number of nitrogens with one attached hydrogen (secondary N) is 1. The van der Waals surface area contributed by atoms with Gasteiger partial charge in [-0.25, -0.2) is 0 Å². The molecule has 0 aliphatic heterocycles. The van der Waals surface area contributed by atoms with Gasteiger partial charge in [0.15, 0.2) is 0 Å². The molecule has 0 heterocycles. The van der Waals surface area contributed by atoms with E-state index in [0.717, 1.165) is 10.4 Å². The van der Waals surface area contributed by atoms with Crippen LogP contribution in [0, 0.1) is 11.3 Å². The summed E-state index contributed by atoms with van der Waals surface area (Å²) in [6.45, 7) is 9.50. The summed E-state index contributed by atoms with van der Waals surface area (Å²) in [5.74, 6) is 0.906. The predicted molar refractivity (Wildman–Crippen MR) is 95.5 cm³/mol. The molecule has 1 aliphatic rings. The number of rotatable bonds is 5. The Balaban J connectivity index is 1.84. The lowest BCUT2D eigenvalue weighted by molar-refractivity contribution is 0.134. The average Bonchev–Trinajstić information content (AvgIpc) is 2.48. The quantitative estimate of drug-likeness (QED) is 0.676. The molecule has 1 aliphatic carbocycles. The zero-order valence-electron chi connectivity index (χ0n) is 14.0. The normalized spacial score (nSPS) is 24.8. The van der Waals surface area contributed by atoms with Gasteiger partial charge in [0.25, 0.3) is 0 Å². The van der Waals surface area contributed by atoms with Gasteiger partial charge in [-0.3, -0.25) is 0 Å². The molecule has 1 aromatic rings. The summed E-state index contributed by atoms with van der Waals surface area (Å²) < 4.78 is 1.15. The molecular formula is C19H30BrN. The van der Waals surface area contributed by atoms with Crippen LogP contribution in [0.4, 0.5) is 0 Å². The van der Waals surface area contributed by atoms with Gasteiger partial charge in [-0.05, 0) is 61.6 Å².